The number of piperidine rings is 1. The van der Waals surface area contributed by atoms with E-state index in [0.717, 1.165) is 25.3 Å². The van der Waals surface area contributed by atoms with Crippen LogP contribution in [0.2, 0.25) is 0 Å². The number of hydrogen-bond acceptors (Lipinski definition) is 1. The van der Waals surface area contributed by atoms with Gasteiger partial charge in [-0.15, -0.1) is 0 Å². The molecule has 1 aliphatic heterocycles. The topological polar surface area (TPSA) is 20.3 Å². The second-order valence-electron chi connectivity index (χ2n) is 4.24. The summed E-state index contributed by atoms with van der Waals surface area (Å²) in [5.74, 6) is -2.11. The lowest BCUT2D eigenvalue weighted by molar-refractivity contribution is -0.128. The second-order valence-corrected chi connectivity index (χ2v) is 4.24. The molecule has 1 saturated heterocycles. The summed E-state index contributed by atoms with van der Waals surface area (Å²) in [7, 11) is 0. The Morgan fingerprint density at radius 3 is 2.39 bits per heavy atom. The summed E-state index contributed by atoms with van der Waals surface area (Å²) in [6.45, 7) is 6.05. The Balaban J connectivity index is 3.00. The van der Waals surface area contributed by atoms with E-state index in [1.54, 1.807) is 6.92 Å². The van der Waals surface area contributed by atoms with Gasteiger partial charge >= 0.3 is 0 Å². The maximum absolute atomic E-state index is 13.8. The fourth-order valence-electron chi connectivity index (χ4n) is 1.97. The molecule has 1 rings (SSSR count). The van der Waals surface area contributed by atoms with Crippen molar-refractivity contribution in [1.82, 2.24) is 4.90 Å². The molecule has 0 unspecified atom stereocenters. The first-order valence-electron chi connectivity index (χ1n) is 6.28. The summed E-state index contributed by atoms with van der Waals surface area (Å²) in [6.07, 6.45) is 5.07. The first-order chi connectivity index (χ1) is 8.61. The van der Waals surface area contributed by atoms with Crippen LogP contribution in [-0.4, -0.2) is 23.9 Å². The van der Waals surface area contributed by atoms with Gasteiger partial charge in [-0.1, -0.05) is 19.6 Å². The summed E-state index contributed by atoms with van der Waals surface area (Å²) >= 11 is 0. The van der Waals surface area contributed by atoms with E-state index in [0.29, 0.717) is 13.1 Å². The maximum atomic E-state index is 13.8. The number of hydrogen-bond donors (Lipinski definition) is 0. The Labute approximate surface area is 107 Å². The number of carbonyl (C=O) groups excluding carboxylic acids is 1. The van der Waals surface area contributed by atoms with Gasteiger partial charge in [-0.2, -0.15) is 0 Å². The average Bonchev–Trinajstić information content (AvgIpc) is 2.40. The summed E-state index contributed by atoms with van der Waals surface area (Å²) < 4.78 is 27.4. The fourth-order valence-corrected chi connectivity index (χ4v) is 1.97. The molecule has 1 fully saturated rings. The lowest BCUT2D eigenvalue weighted by Gasteiger charge is -2.27. The van der Waals surface area contributed by atoms with E-state index in [-0.39, 0.29) is 6.42 Å². The Morgan fingerprint density at radius 2 is 1.89 bits per heavy atom. The lowest BCUT2D eigenvalue weighted by atomic mass is 10.1. The molecule has 18 heavy (non-hydrogen) atoms. The highest BCUT2D eigenvalue weighted by Crippen LogP contribution is 2.24. The van der Waals surface area contributed by atoms with E-state index in [1.165, 1.54) is 11.0 Å². The molecule has 100 valence electrons. The van der Waals surface area contributed by atoms with Crippen molar-refractivity contribution in [3.8, 4) is 0 Å². The standard InChI is InChI=1S/C14H19F2NO/c1-3-8-12(16)13(11(15)4-2)14(18)17-9-6-5-7-10-17/h3,8H,1,4-7,9-10H2,2H3/b12-8+,13-11-. The average molecular weight is 255 g/mol. The van der Waals surface area contributed by atoms with Gasteiger partial charge in [-0.05, 0) is 31.8 Å². The fraction of sp³-hybridized carbons (Fsp3) is 0.500. The minimum Gasteiger partial charge on any atom is -0.338 e. The van der Waals surface area contributed by atoms with Crippen LogP contribution < -0.4 is 0 Å². The van der Waals surface area contributed by atoms with Gasteiger partial charge in [0.25, 0.3) is 5.91 Å². The van der Waals surface area contributed by atoms with Crippen LogP contribution in [0.3, 0.4) is 0 Å². The third-order valence-electron chi connectivity index (χ3n) is 2.94. The van der Waals surface area contributed by atoms with Crippen LogP contribution in [0.25, 0.3) is 0 Å². The minimum absolute atomic E-state index is 0.00726. The molecular weight excluding hydrogens is 236 g/mol. The van der Waals surface area contributed by atoms with E-state index in [1.807, 2.05) is 0 Å². The highest BCUT2D eigenvalue weighted by atomic mass is 19.1. The summed E-state index contributed by atoms with van der Waals surface area (Å²) in [5.41, 5.74) is -0.445. The molecule has 4 heteroatoms. The van der Waals surface area contributed by atoms with Gasteiger partial charge in [-0.25, -0.2) is 8.78 Å². The van der Waals surface area contributed by atoms with Crippen LogP contribution in [0.4, 0.5) is 8.78 Å². The molecule has 0 atom stereocenters. The van der Waals surface area contributed by atoms with Gasteiger partial charge < -0.3 is 4.90 Å². The van der Waals surface area contributed by atoms with Crippen molar-refractivity contribution in [3.63, 3.8) is 0 Å². The molecular formula is C14H19F2NO. The van der Waals surface area contributed by atoms with Gasteiger partial charge in [0.2, 0.25) is 0 Å². The number of amides is 1. The first kappa shape index (κ1) is 14.6. The smallest absolute Gasteiger partial charge is 0.259 e. The zero-order chi connectivity index (χ0) is 13.5. The summed E-state index contributed by atoms with van der Waals surface area (Å²) in [6, 6.07) is 0. The quantitative estimate of drug-likeness (QED) is 0.554. The van der Waals surface area contributed by atoms with E-state index < -0.39 is 23.1 Å². The molecule has 0 spiro atoms. The van der Waals surface area contributed by atoms with Gasteiger partial charge in [-0.3, -0.25) is 4.79 Å². The van der Waals surface area contributed by atoms with Crippen LogP contribution in [-0.2, 0) is 4.79 Å². The largest absolute Gasteiger partial charge is 0.338 e. The third kappa shape index (κ3) is 3.52. The SMILES string of the molecule is C=C/C=C(F)\C(C(=O)N1CCCCC1)=C(\F)CC. The van der Waals surface area contributed by atoms with Crippen molar-refractivity contribution in [2.24, 2.45) is 0 Å². The number of rotatable bonds is 4. The van der Waals surface area contributed by atoms with Crippen molar-refractivity contribution < 1.29 is 13.6 Å². The van der Waals surface area contributed by atoms with E-state index in [2.05, 4.69) is 6.58 Å². The highest BCUT2D eigenvalue weighted by Gasteiger charge is 2.25. The molecule has 2 nitrogen and oxygen atoms in total. The molecule has 1 heterocycles. The molecule has 0 aromatic rings. The Morgan fingerprint density at radius 1 is 1.28 bits per heavy atom. The second kappa shape index (κ2) is 7.09. The Kier molecular flexibility index (Phi) is 5.75. The van der Waals surface area contributed by atoms with E-state index in [4.69, 9.17) is 0 Å². The molecule has 0 N–H and O–H groups in total. The van der Waals surface area contributed by atoms with Crippen LogP contribution in [0.15, 0.2) is 36.0 Å². The lowest BCUT2D eigenvalue weighted by Crippen LogP contribution is -2.37. The number of nitrogens with zero attached hydrogens (tertiary/aromatic N) is 1. The molecule has 0 radical (unpaired) electrons. The van der Waals surface area contributed by atoms with E-state index in [9.17, 15) is 13.6 Å². The van der Waals surface area contributed by atoms with Gasteiger partial charge in [0, 0.05) is 13.1 Å². The first-order valence-corrected chi connectivity index (χ1v) is 6.28. The zero-order valence-corrected chi connectivity index (χ0v) is 10.7. The number of likely N-dealkylation sites (tertiary alicyclic amines) is 1. The van der Waals surface area contributed by atoms with Crippen molar-refractivity contribution in [3.05, 3.63) is 36.0 Å². The van der Waals surface area contributed by atoms with Crippen LogP contribution in [0.5, 0.6) is 0 Å². The Hall–Kier alpha value is -1.45. The Bertz CT molecular complexity index is 379. The third-order valence-corrected chi connectivity index (χ3v) is 2.94. The normalized spacial score (nSPS) is 18.4. The van der Waals surface area contributed by atoms with Gasteiger partial charge in [0.05, 0.1) is 0 Å². The van der Waals surface area contributed by atoms with Gasteiger partial charge in [0.1, 0.15) is 17.2 Å². The predicted molar refractivity (Wildman–Crippen MR) is 68.2 cm³/mol. The summed E-state index contributed by atoms with van der Waals surface area (Å²) in [5, 5.41) is 0. The molecule has 0 saturated carbocycles. The zero-order valence-electron chi connectivity index (χ0n) is 10.7. The number of carbonyl (C=O) groups is 1. The van der Waals surface area contributed by atoms with Gasteiger partial charge in [0.15, 0.2) is 0 Å². The van der Waals surface area contributed by atoms with Crippen molar-refractivity contribution in [2.75, 3.05) is 13.1 Å². The van der Waals surface area contributed by atoms with Crippen molar-refractivity contribution in [2.45, 2.75) is 32.6 Å². The number of halogens is 2. The molecule has 0 aromatic carbocycles. The predicted octanol–water partition coefficient (Wildman–Crippen LogP) is 3.67. The van der Waals surface area contributed by atoms with E-state index >= 15 is 0 Å². The van der Waals surface area contributed by atoms with Crippen LogP contribution >= 0.6 is 0 Å². The molecule has 0 bridgehead atoms. The molecule has 1 amide bonds. The van der Waals surface area contributed by atoms with Crippen LogP contribution in [0, 0.1) is 0 Å². The van der Waals surface area contributed by atoms with Crippen LogP contribution in [0.1, 0.15) is 32.6 Å². The maximum Gasteiger partial charge on any atom is 0.259 e. The monoisotopic (exact) mass is 255 g/mol. The molecule has 0 aliphatic carbocycles. The molecule has 1 aliphatic rings. The van der Waals surface area contributed by atoms with Crippen molar-refractivity contribution in [1.29, 1.82) is 0 Å². The minimum atomic E-state index is -0.847. The highest BCUT2D eigenvalue weighted by molar-refractivity contribution is 5.97. The molecule has 0 aromatic heterocycles. The van der Waals surface area contributed by atoms with Crippen molar-refractivity contribution >= 4 is 5.91 Å². The summed E-state index contributed by atoms with van der Waals surface area (Å²) in [4.78, 5) is 13.6. The number of allylic oxidation sites excluding steroid dienone is 3.